The predicted octanol–water partition coefficient (Wildman–Crippen LogP) is -1.42. The van der Waals surface area contributed by atoms with Crippen molar-refractivity contribution >= 4 is 53.2 Å². The number of aliphatic hydroxyl groups excluding tert-OH is 16. The van der Waals surface area contributed by atoms with Crippen molar-refractivity contribution < 1.29 is 153 Å². The second kappa shape index (κ2) is 52.2. The summed E-state index contributed by atoms with van der Waals surface area (Å²) < 4.78 is 60.1. The van der Waals surface area contributed by atoms with Crippen LogP contribution in [0.1, 0.15) is 214 Å². The summed E-state index contributed by atoms with van der Waals surface area (Å²) in [5.74, 6) is -7.71. The standard InChI is InChI=1S/C73H131N3O31.Na/c1-5-7-9-11-13-15-17-19-20-22-24-26-28-30-32-34-52(87)76-44(45(84)33-31-29-27-25-23-21-18-16-14-12-10-8-6-2)41-98-69-61(94)59(92)63(50(39-80)101-69)103-71-62(95)67(107-73(72(96)97)35-46(85)53(74-42(3)82)66(106-73)55(88)47(86)36-77)64(51(40-81)102-71)104-68-54(75-43(4)83)65(57(90)49(38-79)99-68)105-70-60(93)58(91)56(89)48(37-78)100-70;/h31,33,44-51,53-71,77-81,84-86,88-95H,5-30,32,34-41H2,1-4H3,(H,74,82)(H,75,83)(H,76,87)(H,96,97);/b33-31+;/t44-,45+,46-,47+,48+,49+,50+,51+,53+,54+,55+,56-,57-,58-,59+,60+,61+,62+,63+,64-,65+,66+,67+,68-,69+,70-,71-,73-;/m0./s1. The third kappa shape index (κ3) is 30.3. The number of carbonyl (C=O) groups excluding carboxylic acids is 3. The van der Waals surface area contributed by atoms with Gasteiger partial charge in [0.15, 0.2) is 25.2 Å². The normalized spacial score (nSPS) is 34.3. The number of hydrogen-bond donors (Lipinski definition) is 20. The molecule has 5 heterocycles. The molecule has 5 aliphatic heterocycles. The van der Waals surface area contributed by atoms with Gasteiger partial charge in [-0.3, -0.25) is 14.4 Å². The van der Waals surface area contributed by atoms with Gasteiger partial charge in [-0.1, -0.05) is 180 Å². The van der Waals surface area contributed by atoms with E-state index in [1.165, 1.54) is 103 Å². The van der Waals surface area contributed by atoms with Crippen molar-refractivity contribution in [1.29, 1.82) is 0 Å². The molecule has 35 heteroatoms. The summed E-state index contributed by atoms with van der Waals surface area (Å²) in [6, 6.07) is -4.81. The van der Waals surface area contributed by atoms with E-state index in [0.717, 1.165) is 71.6 Å². The summed E-state index contributed by atoms with van der Waals surface area (Å²) in [7, 11) is 0. The molecule has 0 saturated carbocycles. The molecule has 0 spiro atoms. The summed E-state index contributed by atoms with van der Waals surface area (Å²) in [5, 5.41) is 197. The Labute approximate surface area is 656 Å². The van der Waals surface area contributed by atoms with Crippen LogP contribution in [0.2, 0.25) is 0 Å². The van der Waals surface area contributed by atoms with E-state index in [9.17, 15) is 106 Å². The largest absolute Gasteiger partial charge is 0.477 e. The molecule has 5 saturated heterocycles. The Morgan fingerprint density at radius 3 is 1.44 bits per heavy atom. The van der Waals surface area contributed by atoms with Crippen molar-refractivity contribution in [2.45, 2.75) is 385 Å². The number of carboxylic acid groups (broad SMARTS) is 1. The Morgan fingerprint density at radius 1 is 0.491 bits per heavy atom. The fourth-order valence-corrected chi connectivity index (χ4v) is 14.3. The van der Waals surface area contributed by atoms with Crippen molar-refractivity contribution in [3.8, 4) is 0 Å². The monoisotopic (exact) mass is 1570 g/mol. The molecule has 34 nitrogen and oxygen atoms in total. The first-order chi connectivity index (χ1) is 51.3. The van der Waals surface area contributed by atoms with Gasteiger partial charge in [-0.25, -0.2) is 4.79 Å². The summed E-state index contributed by atoms with van der Waals surface area (Å²) in [5.41, 5.74) is 0. The van der Waals surface area contributed by atoms with E-state index in [4.69, 9.17) is 47.4 Å². The molecule has 0 aromatic heterocycles. The van der Waals surface area contributed by atoms with Gasteiger partial charge in [-0.05, 0) is 19.3 Å². The van der Waals surface area contributed by atoms with E-state index in [2.05, 4.69) is 29.8 Å². The predicted molar refractivity (Wildman–Crippen MR) is 384 cm³/mol. The van der Waals surface area contributed by atoms with Crippen LogP contribution in [-0.2, 0) is 66.5 Å². The summed E-state index contributed by atoms with van der Waals surface area (Å²) in [4.78, 5) is 53.0. The molecule has 5 fully saturated rings. The first-order valence-electron chi connectivity index (χ1n) is 39.1. The molecule has 0 aromatic rings. The quantitative estimate of drug-likeness (QED) is 0.0189. The number of unbranched alkanes of at least 4 members (excludes halogenated alkanes) is 25. The maximum atomic E-state index is 13.8. The van der Waals surface area contributed by atoms with Gasteiger partial charge in [-0.2, -0.15) is 0 Å². The van der Waals surface area contributed by atoms with Crippen LogP contribution in [0.4, 0.5) is 0 Å². The van der Waals surface area contributed by atoms with Crippen molar-refractivity contribution in [3.63, 3.8) is 0 Å². The Morgan fingerprint density at radius 2 is 0.926 bits per heavy atom. The number of allylic oxidation sites excluding steroid dienone is 1. The minimum Gasteiger partial charge on any atom is -0.477 e. The molecule has 1 radical (unpaired) electrons. The van der Waals surface area contributed by atoms with Crippen molar-refractivity contribution in [3.05, 3.63) is 12.2 Å². The number of ether oxygens (including phenoxy) is 10. The van der Waals surface area contributed by atoms with Crippen LogP contribution in [-0.4, -0.2) is 351 Å². The fraction of sp³-hybridized carbons (Fsp3) is 0.918. The Balaban J connectivity index is 0.0000246. The van der Waals surface area contributed by atoms with Gasteiger partial charge in [-0.15, -0.1) is 0 Å². The number of aliphatic carboxylic acids is 1. The van der Waals surface area contributed by atoms with Gasteiger partial charge < -0.3 is 150 Å². The second-order valence-corrected chi connectivity index (χ2v) is 29.3. The molecule has 625 valence electrons. The summed E-state index contributed by atoms with van der Waals surface area (Å²) in [6.07, 6.45) is -16.8. The van der Waals surface area contributed by atoms with Crippen LogP contribution in [0.15, 0.2) is 12.2 Å². The molecule has 0 aliphatic carbocycles. The van der Waals surface area contributed by atoms with Crippen LogP contribution in [0.3, 0.4) is 0 Å². The molecular formula is C73H131N3NaO31. The average Bonchev–Trinajstić information content (AvgIpc) is 0.750. The maximum Gasteiger partial charge on any atom is 0.364 e. The van der Waals surface area contributed by atoms with E-state index >= 15 is 0 Å². The number of amides is 3. The maximum absolute atomic E-state index is 13.8. The zero-order valence-corrected chi connectivity index (χ0v) is 65.8. The van der Waals surface area contributed by atoms with Crippen LogP contribution < -0.4 is 16.0 Å². The van der Waals surface area contributed by atoms with Crippen LogP contribution in [0.25, 0.3) is 0 Å². The van der Waals surface area contributed by atoms with Gasteiger partial charge in [0.2, 0.25) is 17.7 Å². The Bertz CT molecular complexity index is 2510. The van der Waals surface area contributed by atoms with Gasteiger partial charge in [0.05, 0.1) is 63.9 Å². The van der Waals surface area contributed by atoms with Gasteiger partial charge in [0.25, 0.3) is 5.79 Å². The molecular weight excluding hydrogens is 1440 g/mol. The van der Waals surface area contributed by atoms with Gasteiger partial charge in [0, 0.05) is 56.2 Å². The number of carboxylic acids is 1. The van der Waals surface area contributed by atoms with Crippen molar-refractivity contribution in [1.82, 2.24) is 16.0 Å². The molecule has 0 unspecified atom stereocenters. The van der Waals surface area contributed by atoms with E-state index in [1.54, 1.807) is 6.08 Å². The molecule has 20 N–H and O–H groups in total. The summed E-state index contributed by atoms with van der Waals surface area (Å²) in [6.45, 7) is 0.317. The van der Waals surface area contributed by atoms with Crippen LogP contribution in [0.5, 0.6) is 0 Å². The van der Waals surface area contributed by atoms with E-state index < -0.39 is 235 Å². The van der Waals surface area contributed by atoms with E-state index in [-0.39, 0.29) is 41.9 Å². The van der Waals surface area contributed by atoms with Crippen LogP contribution in [0, 0.1) is 0 Å². The van der Waals surface area contributed by atoms with Gasteiger partial charge >= 0.3 is 5.97 Å². The molecule has 5 aliphatic rings. The van der Waals surface area contributed by atoms with Crippen molar-refractivity contribution in [2.24, 2.45) is 0 Å². The van der Waals surface area contributed by atoms with Crippen LogP contribution >= 0.6 is 0 Å². The zero-order valence-electron chi connectivity index (χ0n) is 63.8. The molecule has 5 rings (SSSR count). The SMILES string of the molecule is CCCCCCCCCCCCC/C=C/[C@@H](O)[C@H](CO[C@@H]1O[C@H](CO)[C@@H](O[C@@H]2O[C@H](CO)[C@H](O[C@@H]3O[C@H](CO)[C@H](O)[C@H](O[C@@H]4O[C@H](CO)[C@H](O)[C@H](O)[C@H]4O)[C@H]3NC(C)=O)[C@H](O[C@]3(C(=O)O)C[C@H](O)[C@@H](NC(C)=O)[C@H]([C@H](O)[C@H](O)CO)O3)[C@H]2O)[C@H](O)[C@H]1O)NC(=O)CCCCCCCCCCCCCCCCC.[Na]. The van der Waals surface area contributed by atoms with Crippen molar-refractivity contribution in [2.75, 3.05) is 39.6 Å². The first-order valence-corrected chi connectivity index (χ1v) is 39.1. The third-order valence-electron chi connectivity index (χ3n) is 20.6. The second-order valence-electron chi connectivity index (χ2n) is 29.3. The minimum atomic E-state index is -3.38. The molecule has 0 bridgehead atoms. The van der Waals surface area contributed by atoms with E-state index in [0.29, 0.717) is 12.8 Å². The zero-order chi connectivity index (χ0) is 78.8. The molecule has 28 atom stereocenters. The Hall–Kier alpha value is -2.42. The third-order valence-corrected chi connectivity index (χ3v) is 20.6. The molecule has 108 heavy (non-hydrogen) atoms. The number of nitrogens with one attached hydrogen (secondary N) is 3. The van der Waals surface area contributed by atoms with Gasteiger partial charge in [0.1, 0.15) is 116 Å². The fourth-order valence-electron chi connectivity index (χ4n) is 14.3. The Kier molecular flexibility index (Phi) is 47.4. The smallest absolute Gasteiger partial charge is 0.364 e. The number of hydrogen-bond acceptors (Lipinski definition) is 30. The molecule has 0 aromatic carbocycles. The molecule has 3 amide bonds. The topological polar surface area (TPSA) is 541 Å². The number of aliphatic hydroxyl groups is 16. The summed E-state index contributed by atoms with van der Waals surface area (Å²) >= 11 is 0. The first kappa shape index (κ1) is 97.9. The minimum absolute atomic E-state index is 0. The van der Waals surface area contributed by atoms with E-state index in [1.807, 2.05) is 6.08 Å². The number of carbonyl (C=O) groups is 4. The average molecular weight is 1570 g/mol. The number of rotatable bonds is 52.